The minimum Gasteiger partial charge on any atom is -0.545 e. The van der Waals surface area contributed by atoms with Crippen LogP contribution in [0.25, 0.3) is 0 Å². The molecule has 9 heteroatoms. The second-order valence-electron chi connectivity index (χ2n) is 20.9. The Hall–Kier alpha value is -3.79. The fraction of sp³-hybridized carbons (Fsp3) is 0.708. The van der Waals surface area contributed by atoms with E-state index in [9.17, 15) is 19.5 Å². The highest BCUT2D eigenvalue weighted by molar-refractivity contribution is 5.70. The number of carbonyl (C=O) groups excluding carboxylic acids is 3. The van der Waals surface area contributed by atoms with Crippen molar-refractivity contribution in [1.29, 1.82) is 0 Å². The molecule has 0 rings (SSSR count). The van der Waals surface area contributed by atoms with Crippen molar-refractivity contribution in [3.8, 4) is 0 Å². The summed E-state index contributed by atoms with van der Waals surface area (Å²) in [5.41, 5.74) is 0. The van der Waals surface area contributed by atoms with Gasteiger partial charge in [0, 0.05) is 12.8 Å². The highest BCUT2D eigenvalue weighted by atomic mass is 16.7. The molecule has 424 valence electrons. The van der Waals surface area contributed by atoms with Gasteiger partial charge in [0.05, 0.1) is 40.3 Å². The van der Waals surface area contributed by atoms with E-state index in [1.807, 2.05) is 21.1 Å². The molecule has 0 fully saturated rings. The summed E-state index contributed by atoms with van der Waals surface area (Å²) in [5.74, 6) is -2.30. The second-order valence-corrected chi connectivity index (χ2v) is 20.9. The third-order valence-corrected chi connectivity index (χ3v) is 12.6. The number of allylic oxidation sites excluding steroid dienone is 16. The van der Waals surface area contributed by atoms with Crippen LogP contribution in [0.3, 0.4) is 0 Å². The van der Waals surface area contributed by atoms with Crippen molar-refractivity contribution in [1.82, 2.24) is 0 Å². The van der Waals surface area contributed by atoms with Gasteiger partial charge >= 0.3 is 11.9 Å². The SMILES string of the molecule is CC/C=C\C/C=C\C/C=C\C/C=C\C/C=C\C/C=C\C/C=C\CCCCCCCCCCCCCC(=O)OC(COC(=O)CCCCCCC/C=C\CCCCCCCCC)COC(OCC[N+](C)(C)C)C(=O)[O-]. The number of hydrogen-bond acceptors (Lipinski definition) is 8. The Morgan fingerprint density at radius 1 is 0.419 bits per heavy atom. The Labute approximate surface area is 454 Å². The quantitative estimate of drug-likeness (QED) is 0.0195. The van der Waals surface area contributed by atoms with Gasteiger partial charge in [0.25, 0.3) is 0 Å². The first-order valence-electron chi connectivity index (χ1n) is 29.9. The summed E-state index contributed by atoms with van der Waals surface area (Å²) >= 11 is 0. The molecule has 2 atom stereocenters. The van der Waals surface area contributed by atoms with Crippen LogP contribution >= 0.6 is 0 Å². The molecule has 0 aliphatic heterocycles. The molecule has 0 aromatic heterocycles. The minimum atomic E-state index is -1.63. The number of unbranched alkanes of at least 4 members (excludes halogenated alkanes) is 23. The maximum Gasteiger partial charge on any atom is 0.306 e. The molecular weight excluding hydrogens is 923 g/mol. The first kappa shape index (κ1) is 70.2. The van der Waals surface area contributed by atoms with Gasteiger partial charge in [-0.15, -0.1) is 0 Å². The molecule has 2 unspecified atom stereocenters. The maximum absolute atomic E-state index is 12.9. The van der Waals surface area contributed by atoms with Crippen LogP contribution < -0.4 is 5.11 Å². The van der Waals surface area contributed by atoms with Crippen molar-refractivity contribution in [2.45, 2.75) is 251 Å². The molecule has 0 bridgehead atoms. The average Bonchev–Trinajstić information content (AvgIpc) is 3.37. The summed E-state index contributed by atoms with van der Waals surface area (Å²) in [6.07, 6.45) is 71.7. The van der Waals surface area contributed by atoms with E-state index in [1.54, 1.807) is 0 Å². The zero-order valence-corrected chi connectivity index (χ0v) is 48.2. The largest absolute Gasteiger partial charge is 0.545 e. The van der Waals surface area contributed by atoms with Gasteiger partial charge in [-0.1, -0.05) is 227 Å². The maximum atomic E-state index is 12.9. The van der Waals surface area contributed by atoms with Gasteiger partial charge in [-0.25, -0.2) is 0 Å². The van der Waals surface area contributed by atoms with Crippen LogP contribution in [0, 0.1) is 0 Å². The number of hydrogen-bond donors (Lipinski definition) is 0. The summed E-state index contributed by atoms with van der Waals surface area (Å²) in [5, 5.41) is 11.8. The van der Waals surface area contributed by atoms with Crippen LogP contribution in [-0.4, -0.2) is 82.3 Å². The van der Waals surface area contributed by atoms with Gasteiger partial charge in [0.1, 0.15) is 13.2 Å². The van der Waals surface area contributed by atoms with E-state index in [0.29, 0.717) is 17.4 Å². The molecule has 0 spiro atoms. The predicted molar refractivity (Wildman–Crippen MR) is 311 cm³/mol. The summed E-state index contributed by atoms with van der Waals surface area (Å²) < 4.78 is 22.7. The lowest BCUT2D eigenvalue weighted by atomic mass is 10.0. The Morgan fingerprint density at radius 2 is 0.770 bits per heavy atom. The van der Waals surface area contributed by atoms with Crippen LogP contribution in [0.15, 0.2) is 97.2 Å². The van der Waals surface area contributed by atoms with Crippen LogP contribution in [-0.2, 0) is 33.3 Å². The van der Waals surface area contributed by atoms with Crippen LogP contribution in [0.5, 0.6) is 0 Å². The van der Waals surface area contributed by atoms with Crippen molar-refractivity contribution in [3.63, 3.8) is 0 Å². The van der Waals surface area contributed by atoms with E-state index in [4.69, 9.17) is 18.9 Å². The fourth-order valence-corrected chi connectivity index (χ4v) is 7.98. The average molecular weight is 1030 g/mol. The molecule has 0 N–H and O–H groups in total. The highest BCUT2D eigenvalue weighted by Crippen LogP contribution is 2.15. The first-order valence-corrected chi connectivity index (χ1v) is 29.9. The molecule has 9 nitrogen and oxygen atoms in total. The first-order chi connectivity index (χ1) is 36.1. The van der Waals surface area contributed by atoms with Crippen molar-refractivity contribution >= 4 is 17.9 Å². The molecule has 0 amide bonds. The Balaban J connectivity index is 4.20. The van der Waals surface area contributed by atoms with E-state index in [2.05, 4.69) is 111 Å². The van der Waals surface area contributed by atoms with Crippen molar-refractivity contribution < 1.29 is 42.9 Å². The van der Waals surface area contributed by atoms with Crippen molar-refractivity contribution in [2.24, 2.45) is 0 Å². The van der Waals surface area contributed by atoms with Crippen LogP contribution in [0.4, 0.5) is 0 Å². The Bertz CT molecular complexity index is 1530. The third-order valence-electron chi connectivity index (χ3n) is 12.6. The number of esters is 2. The predicted octanol–water partition coefficient (Wildman–Crippen LogP) is 16.4. The summed E-state index contributed by atoms with van der Waals surface area (Å²) in [6, 6.07) is 0. The van der Waals surface area contributed by atoms with Gasteiger partial charge in [-0.2, -0.15) is 0 Å². The zero-order chi connectivity index (χ0) is 54.1. The summed E-state index contributed by atoms with van der Waals surface area (Å²) in [7, 11) is 5.91. The molecule has 74 heavy (non-hydrogen) atoms. The number of nitrogens with zero attached hydrogens (tertiary/aromatic N) is 1. The number of rotatable bonds is 54. The Kier molecular flexibility index (Phi) is 52.6. The van der Waals surface area contributed by atoms with E-state index in [1.165, 1.54) is 96.3 Å². The van der Waals surface area contributed by atoms with Crippen LogP contribution in [0.2, 0.25) is 0 Å². The van der Waals surface area contributed by atoms with E-state index in [0.717, 1.165) is 109 Å². The smallest absolute Gasteiger partial charge is 0.306 e. The van der Waals surface area contributed by atoms with Gasteiger partial charge in [-0.05, 0) is 96.3 Å². The van der Waals surface area contributed by atoms with Gasteiger partial charge < -0.3 is 33.3 Å². The van der Waals surface area contributed by atoms with Crippen molar-refractivity contribution in [2.75, 3.05) is 47.5 Å². The molecule has 0 radical (unpaired) electrons. The highest BCUT2D eigenvalue weighted by Gasteiger charge is 2.22. The third kappa shape index (κ3) is 55.9. The fourth-order valence-electron chi connectivity index (χ4n) is 7.98. The topological polar surface area (TPSA) is 111 Å². The Morgan fingerprint density at radius 3 is 1.16 bits per heavy atom. The van der Waals surface area contributed by atoms with Gasteiger partial charge in [-0.3, -0.25) is 9.59 Å². The number of ether oxygens (including phenoxy) is 4. The lowest BCUT2D eigenvalue weighted by Crippen LogP contribution is -2.44. The number of quaternary nitrogens is 1. The van der Waals surface area contributed by atoms with E-state index < -0.39 is 24.3 Å². The number of carboxylic acids is 1. The number of likely N-dealkylation sites (N-methyl/N-ethyl adjacent to an activating group) is 1. The monoisotopic (exact) mass is 1030 g/mol. The lowest BCUT2D eigenvalue weighted by molar-refractivity contribution is -0.870. The molecule has 0 saturated heterocycles. The van der Waals surface area contributed by atoms with Crippen LogP contribution in [0.1, 0.15) is 239 Å². The molecule has 0 aliphatic rings. The standard InChI is InChI=1S/C65H111NO8/c1-6-8-10-12-14-16-18-20-22-24-25-26-27-28-29-30-31-32-33-34-35-36-37-38-39-40-42-44-46-48-50-52-54-56-63(68)74-61(60-73-65(64(69)70)71-58-57-66(3,4)5)59-72-62(67)55-53-51-49-47-45-43-41-23-21-19-17-15-13-11-9-7-2/h8,10,14,16,20,22-23,25-26,28-29,31-32,34-35,41,61,65H,6-7,9,11-13,15,17-19,21,24,27,30,33,36-40,42-60H2,1-5H3/b10-8-,16-14-,22-20-,26-25-,29-28-,32-31-,35-34-,41-23-. The molecule has 0 saturated carbocycles. The minimum absolute atomic E-state index is 0.142. The summed E-state index contributed by atoms with van der Waals surface area (Å²) in [4.78, 5) is 37.3. The van der Waals surface area contributed by atoms with E-state index >= 15 is 0 Å². The lowest BCUT2D eigenvalue weighted by Gasteiger charge is -2.26. The normalized spacial score (nSPS) is 13.5. The van der Waals surface area contributed by atoms with Gasteiger partial charge in [0.2, 0.25) is 0 Å². The number of carbonyl (C=O) groups is 3. The molecule has 0 aliphatic carbocycles. The molecular formula is C65H111NO8. The van der Waals surface area contributed by atoms with Crippen molar-refractivity contribution in [3.05, 3.63) is 97.2 Å². The van der Waals surface area contributed by atoms with E-state index in [-0.39, 0.29) is 38.6 Å². The molecule has 0 aromatic carbocycles. The number of carboxylic acid groups (broad SMARTS) is 1. The summed E-state index contributed by atoms with van der Waals surface area (Å²) in [6.45, 7) is 4.62. The second kappa shape index (κ2) is 55.4. The number of aliphatic carboxylic acids is 1. The molecule has 0 heterocycles. The zero-order valence-electron chi connectivity index (χ0n) is 48.2. The molecule has 0 aromatic rings. The van der Waals surface area contributed by atoms with Gasteiger partial charge in [0.15, 0.2) is 12.4 Å².